The largest absolute Gasteiger partial charge is 0.462 e. The lowest BCUT2D eigenvalue weighted by molar-refractivity contribution is -0.151. The van der Waals surface area contributed by atoms with Crippen molar-refractivity contribution >= 4 is 12.0 Å². The number of hydrogen-bond acceptors (Lipinski definition) is 4. The van der Waals surface area contributed by atoms with Gasteiger partial charge in [0.25, 0.3) is 0 Å². The summed E-state index contributed by atoms with van der Waals surface area (Å²) >= 11 is 0. The summed E-state index contributed by atoms with van der Waals surface area (Å²) in [6, 6.07) is 8.48. The molecular weight excluding hydrogens is 296 g/mol. The van der Waals surface area contributed by atoms with E-state index in [0.717, 1.165) is 18.4 Å². The molecule has 6 nitrogen and oxygen atoms in total. The lowest BCUT2D eigenvalue weighted by atomic mass is 9.89. The Labute approximate surface area is 134 Å². The second-order valence-electron chi connectivity index (χ2n) is 5.75. The Kier molecular flexibility index (Phi) is 4.62. The first kappa shape index (κ1) is 15.6. The normalized spacial score (nSPS) is 27.2. The quantitative estimate of drug-likeness (QED) is 0.832. The van der Waals surface area contributed by atoms with Crippen molar-refractivity contribution in [2.75, 3.05) is 13.2 Å². The molecule has 2 aliphatic heterocycles. The molecule has 1 aromatic carbocycles. The van der Waals surface area contributed by atoms with Crippen LogP contribution in [0.3, 0.4) is 0 Å². The Balaban J connectivity index is 1.73. The molecule has 23 heavy (non-hydrogen) atoms. The van der Waals surface area contributed by atoms with Crippen LogP contribution in [0.15, 0.2) is 42.6 Å². The van der Waals surface area contributed by atoms with Crippen LogP contribution in [0.5, 0.6) is 0 Å². The number of benzene rings is 1. The van der Waals surface area contributed by atoms with Gasteiger partial charge in [-0.1, -0.05) is 36.9 Å². The molecular formula is C17H20N2O4. The van der Waals surface area contributed by atoms with Crippen molar-refractivity contribution in [2.24, 2.45) is 5.92 Å². The zero-order valence-corrected chi connectivity index (χ0v) is 12.8. The summed E-state index contributed by atoms with van der Waals surface area (Å²) in [4.78, 5) is 24.3. The van der Waals surface area contributed by atoms with E-state index >= 15 is 0 Å². The average Bonchev–Trinajstić information content (AvgIpc) is 3.06. The Morgan fingerprint density at radius 2 is 2.13 bits per heavy atom. The number of rotatable bonds is 4. The Morgan fingerprint density at radius 1 is 1.35 bits per heavy atom. The van der Waals surface area contributed by atoms with Crippen LogP contribution in [0.25, 0.3) is 0 Å². The number of ether oxygens (including phenoxy) is 2. The topological polar surface area (TPSA) is 76.7 Å². The van der Waals surface area contributed by atoms with Gasteiger partial charge in [0.15, 0.2) is 0 Å². The van der Waals surface area contributed by atoms with Crippen LogP contribution < -0.4 is 10.6 Å². The highest BCUT2D eigenvalue weighted by Gasteiger charge is 2.39. The lowest BCUT2D eigenvalue weighted by Crippen LogP contribution is -2.51. The van der Waals surface area contributed by atoms with Crippen LogP contribution >= 0.6 is 0 Å². The molecule has 0 bridgehead atoms. The van der Waals surface area contributed by atoms with Crippen molar-refractivity contribution in [3.63, 3.8) is 0 Å². The molecule has 0 spiro atoms. The summed E-state index contributed by atoms with van der Waals surface area (Å²) in [7, 11) is 0. The molecule has 0 saturated carbocycles. The number of carbonyl (C=O) groups excluding carboxylic acids is 2. The van der Waals surface area contributed by atoms with E-state index in [4.69, 9.17) is 9.47 Å². The first-order valence-electron chi connectivity index (χ1n) is 7.74. The summed E-state index contributed by atoms with van der Waals surface area (Å²) in [6.07, 6.45) is 1.85. The second-order valence-corrected chi connectivity index (χ2v) is 5.75. The van der Waals surface area contributed by atoms with Crippen LogP contribution in [-0.4, -0.2) is 31.3 Å². The van der Waals surface area contributed by atoms with Gasteiger partial charge in [-0.2, -0.15) is 0 Å². The minimum absolute atomic E-state index is 0.0338. The number of urea groups is 1. The molecule has 3 rings (SSSR count). The molecule has 3 atom stereocenters. The molecule has 0 aromatic heterocycles. The molecule has 6 heteroatoms. The third-order valence-electron chi connectivity index (χ3n) is 4.12. The number of nitrogens with one attached hydrogen (secondary N) is 2. The van der Waals surface area contributed by atoms with Gasteiger partial charge in [0.1, 0.15) is 12.5 Å². The van der Waals surface area contributed by atoms with E-state index < -0.39 is 17.9 Å². The predicted molar refractivity (Wildman–Crippen MR) is 83.4 cm³/mol. The van der Waals surface area contributed by atoms with E-state index in [2.05, 4.69) is 17.2 Å². The molecule has 0 aliphatic carbocycles. The first-order valence-corrected chi connectivity index (χ1v) is 7.74. The fraction of sp³-hybridized carbons (Fsp3) is 0.412. The standard InChI is InChI=1S/C17H20N2O4/c1-11-14(16(20)23-10-13-8-5-9-22-13)15(19-17(21)18-11)12-6-3-2-4-7-12/h2-4,6-7,13-15H,1,5,8-10H2,(H2,18,19,21). The van der Waals surface area contributed by atoms with Gasteiger partial charge in [-0.15, -0.1) is 0 Å². The van der Waals surface area contributed by atoms with E-state index in [1.165, 1.54) is 0 Å². The van der Waals surface area contributed by atoms with E-state index in [1.807, 2.05) is 30.3 Å². The first-order chi connectivity index (χ1) is 11.1. The highest BCUT2D eigenvalue weighted by molar-refractivity contribution is 5.85. The Hall–Kier alpha value is -2.34. The minimum Gasteiger partial charge on any atom is -0.462 e. The van der Waals surface area contributed by atoms with E-state index in [0.29, 0.717) is 12.3 Å². The summed E-state index contributed by atoms with van der Waals surface area (Å²) in [5, 5.41) is 5.34. The van der Waals surface area contributed by atoms with Crippen LogP contribution in [-0.2, 0) is 14.3 Å². The lowest BCUT2D eigenvalue weighted by Gasteiger charge is -2.33. The van der Waals surface area contributed by atoms with Gasteiger partial charge in [-0.05, 0) is 18.4 Å². The van der Waals surface area contributed by atoms with Crippen molar-refractivity contribution in [1.82, 2.24) is 10.6 Å². The zero-order chi connectivity index (χ0) is 16.2. The Bertz CT molecular complexity index is 596. The van der Waals surface area contributed by atoms with Crippen LogP contribution in [0.1, 0.15) is 24.4 Å². The Morgan fingerprint density at radius 3 is 2.83 bits per heavy atom. The molecule has 2 fully saturated rings. The highest BCUT2D eigenvalue weighted by atomic mass is 16.6. The predicted octanol–water partition coefficient (Wildman–Crippen LogP) is 1.89. The van der Waals surface area contributed by atoms with Crippen molar-refractivity contribution in [3.8, 4) is 0 Å². The van der Waals surface area contributed by atoms with Gasteiger partial charge in [-0.3, -0.25) is 4.79 Å². The minimum atomic E-state index is -0.670. The van der Waals surface area contributed by atoms with E-state index in [1.54, 1.807) is 0 Å². The summed E-state index contributed by atoms with van der Waals surface area (Å²) in [6.45, 7) is 4.76. The zero-order valence-electron chi connectivity index (χ0n) is 12.8. The third kappa shape index (κ3) is 3.53. The number of hydrogen-bond donors (Lipinski definition) is 2. The van der Waals surface area contributed by atoms with E-state index in [9.17, 15) is 9.59 Å². The summed E-state index contributed by atoms with van der Waals surface area (Å²) in [5.41, 5.74) is 1.18. The maximum atomic E-state index is 12.5. The molecule has 3 unspecified atom stereocenters. The van der Waals surface area contributed by atoms with Crippen molar-refractivity contribution in [3.05, 3.63) is 48.2 Å². The number of esters is 1. The van der Waals surface area contributed by atoms with Crippen LogP contribution in [0.2, 0.25) is 0 Å². The second kappa shape index (κ2) is 6.83. The third-order valence-corrected chi connectivity index (χ3v) is 4.12. The molecule has 2 saturated heterocycles. The van der Waals surface area contributed by atoms with Crippen LogP contribution in [0.4, 0.5) is 4.79 Å². The maximum Gasteiger partial charge on any atom is 0.319 e. The monoisotopic (exact) mass is 316 g/mol. The fourth-order valence-corrected chi connectivity index (χ4v) is 2.94. The van der Waals surface area contributed by atoms with Crippen molar-refractivity contribution in [1.29, 1.82) is 0 Å². The van der Waals surface area contributed by atoms with Crippen LogP contribution in [0, 0.1) is 5.92 Å². The molecule has 2 amide bonds. The fourth-order valence-electron chi connectivity index (χ4n) is 2.94. The average molecular weight is 316 g/mol. The molecule has 2 aliphatic rings. The molecule has 2 N–H and O–H groups in total. The molecule has 0 radical (unpaired) electrons. The smallest absolute Gasteiger partial charge is 0.319 e. The van der Waals surface area contributed by atoms with Crippen molar-refractivity contribution < 1.29 is 19.1 Å². The highest BCUT2D eigenvalue weighted by Crippen LogP contribution is 2.30. The molecule has 122 valence electrons. The van der Waals surface area contributed by atoms with Crippen molar-refractivity contribution in [2.45, 2.75) is 25.0 Å². The van der Waals surface area contributed by atoms with Gasteiger partial charge in [0.05, 0.1) is 12.1 Å². The molecule has 1 aromatic rings. The SMILES string of the molecule is C=C1NC(=O)NC(c2ccccc2)C1C(=O)OCC1CCCO1. The summed E-state index contributed by atoms with van der Waals surface area (Å²) in [5.74, 6) is -1.08. The summed E-state index contributed by atoms with van der Waals surface area (Å²) < 4.78 is 10.9. The van der Waals surface area contributed by atoms with Gasteiger partial charge in [0, 0.05) is 12.3 Å². The maximum absolute atomic E-state index is 12.5. The number of carbonyl (C=O) groups is 2. The van der Waals surface area contributed by atoms with Gasteiger partial charge < -0.3 is 20.1 Å². The molecule has 2 heterocycles. The van der Waals surface area contributed by atoms with Gasteiger partial charge in [-0.25, -0.2) is 4.79 Å². The van der Waals surface area contributed by atoms with Gasteiger partial charge in [0.2, 0.25) is 0 Å². The van der Waals surface area contributed by atoms with Gasteiger partial charge >= 0.3 is 12.0 Å². The number of amides is 2. The van der Waals surface area contributed by atoms with E-state index in [-0.39, 0.29) is 18.7 Å².